The lowest BCUT2D eigenvalue weighted by Crippen LogP contribution is -2.24. The van der Waals surface area contributed by atoms with Gasteiger partial charge < -0.3 is 0 Å². The molecule has 0 N–H and O–H groups in total. The molecule has 198 valence electrons. The summed E-state index contributed by atoms with van der Waals surface area (Å²) in [4.78, 5) is 17.0. The second kappa shape index (κ2) is 9.29. The van der Waals surface area contributed by atoms with E-state index in [2.05, 4.69) is 10.1 Å². The number of hydrogen-bond donors (Lipinski definition) is 0. The number of sulfone groups is 1. The van der Waals surface area contributed by atoms with Crippen LogP contribution in [0.15, 0.2) is 46.3 Å². The third-order valence-electron chi connectivity index (χ3n) is 6.86. The zero-order chi connectivity index (χ0) is 27.7. The minimum absolute atomic E-state index is 0.0444. The third-order valence-corrected chi connectivity index (χ3v) is 8.82. The minimum atomic E-state index is -3.91. The van der Waals surface area contributed by atoms with Crippen LogP contribution in [0, 0.1) is 25.5 Å². The van der Waals surface area contributed by atoms with Crippen molar-refractivity contribution in [1.82, 2.24) is 19.3 Å². The number of pyridine rings is 2. The number of halogens is 4. The van der Waals surface area contributed by atoms with Crippen LogP contribution in [0.2, 0.25) is 10.2 Å². The number of aryl methyl sites for hydroxylation is 3. The Morgan fingerprint density at radius 1 is 1.05 bits per heavy atom. The molecule has 1 aliphatic rings. The first-order chi connectivity index (χ1) is 17.8. The van der Waals surface area contributed by atoms with Crippen LogP contribution in [0.25, 0.3) is 16.9 Å². The summed E-state index contributed by atoms with van der Waals surface area (Å²) < 4.78 is 57.8. The van der Waals surface area contributed by atoms with E-state index in [1.165, 1.54) is 18.3 Å². The highest BCUT2D eigenvalue weighted by Crippen LogP contribution is 2.57. The Bertz CT molecular complexity index is 1800. The molecule has 1 aromatic carbocycles. The molecule has 0 unspecified atom stereocenters. The molecule has 2 atom stereocenters. The monoisotopic (exact) mass is 578 g/mol. The quantitative estimate of drug-likeness (QED) is 0.311. The summed E-state index contributed by atoms with van der Waals surface area (Å²) in [5, 5.41) is 4.64. The van der Waals surface area contributed by atoms with Crippen molar-refractivity contribution in [2.24, 2.45) is 7.05 Å². The van der Waals surface area contributed by atoms with Crippen LogP contribution in [0.5, 0.6) is 0 Å². The van der Waals surface area contributed by atoms with E-state index in [1.54, 1.807) is 37.8 Å². The molecule has 3 aromatic heterocycles. The summed E-state index contributed by atoms with van der Waals surface area (Å²) in [5.41, 5.74) is 0.702. The predicted octanol–water partition coefficient (Wildman–Crippen LogP) is 5.51. The maximum atomic E-state index is 16.0. The molecule has 0 aliphatic heterocycles. The molecular weight excluding hydrogens is 557 g/mol. The van der Waals surface area contributed by atoms with Gasteiger partial charge in [0.25, 0.3) is 5.56 Å². The van der Waals surface area contributed by atoms with E-state index in [4.69, 9.17) is 23.2 Å². The Labute approximate surface area is 227 Å². The largest absolute Gasteiger partial charge is 0.277 e. The Morgan fingerprint density at radius 3 is 2.37 bits per heavy atom. The van der Waals surface area contributed by atoms with Gasteiger partial charge in [-0.3, -0.25) is 19.0 Å². The highest BCUT2D eigenvalue weighted by molar-refractivity contribution is 7.90. The Hall–Kier alpha value is -3.08. The van der Waals surface area contributed by atoms with Crippen molar-refractivity contribution in [2.75, 3.05) is 6.26 Å². The Kier molecular flexibility index (Phi) is 6.48. The summed E-state index contributed by atoms with van der Waals surface area (Å²) >= 11 is 12.9. The van der Waals surface area contributed by atoms with Crippen LogP contribution in [-0.2, 0) is 16.9 Å². The fraction of sp³-hybridized carbons (Fsp3) is 0.269. The Balaban J connectivity index is 1.63. The first kappa shape index (κ1) is 26.5. The SMILES string of the molecule is Cc1cnc(-c2cccc(S(C)(=O)=O)c2F)c(F)c1-n1c(C)cc([C@H]2C[C@@H]2c2cnn(C)c2Cl)c(Cl)c1=O. The molecule has 0 saturated heterocycles. The number of rotatable bonds is 5. The van der Waals surface area contributed by atoms with Crippen LogP contribution < -0.4 is 5.56 Å². The number of hydrogen-bond acceptors (Lipinski definition) is 5. The third kappa shape index (κ3) is 4.24. The zero-order valence-corrected chi connectivity index (χ0v) is 23.1. The van der Waals surface area contributed by atoms with Crippen molar-refractivity contribution in [1.29, 1.82) is 0 Å². The van der Waals surface area contributed by atoms with Crippen LogP contribution in [-0.4, -0.2) is 34.0 Å². The lowest BCUT2D eigenvalue weighted by atomic mass is 10.0. The van der Waals surface area contributed by atoms with E-state index in [-0.39, 0.29) is 28.1 Å². The van der Waals surface area contributed by atoms with Gasteiger partial charge in [-0.05, 0) is 61.4 Å². The number of benzene rings is 1. The van der Waals surface area contributed by atoms with Gasteiger partial charge >= 0.3 is 0 Å². The van der Waals surface area contributed by atoms with Crippen LogP contribution in [0.4, 0.5) is 8.78 Å². The van der Waals surface area contributed by atoms with Gasteiger partial charge in [-0.25, -0.2) is 17.2 Å². The molecule has 4 aromatic rings. The van der Waals surface area contributed by atoms with Gasteiger partial charge in [-0.15, -0.1) is 0 Å². The molecule has 0 spiro atoms. The van der Waals surface area contributed by atoms with Crippen molar-refractivity contribution in [3.05, 3.63) is 91.2 Å². The molecular formula is C26H22Cl2F2N4O3S. The van der Waals surface area contributed by atoms with Gasteiger partial charge in [-0.1, -0.05) is 29.3 Å². The van der Waals surface area contributed by atoms with Crippen LogP contribution >= 0.6 is 23.2 Å². The molecule has 0 amide bonds. The van der Waals surface area contributed by atoms with Crippen molar-refractivity contribution in [2.45, 2.75) is 37.0 Å². The molecule has 0 radical (unpaired) electrons. The highest BCUT2D eigenvalue weighted by atomic mass is 35.5. The molecule has 0 bridgehead atoms. The lowest BCUT2D eigenvalue weighted by molar-refractivity contribution is 0.569. The maximum absolute atomic E-state index is 16.0. The van der Waals surface area contributed by atoms with Crippen molar-refractivity contribution < 1.29 is 17.2 Å². The average Bonchev–Trinajstić information content (AvgIpc) is 3.56. The number of nitrogens with zero attached hydrogens (tertiary/aromatic N) is 4. The van der Waals surface area contributed by atoms with Gasteiger partial charge in [0, 0.05) is 36.3 Å². The Morgan fingerprint density at radius 2 is 1.74 bits per heavy atom. The molecule has 38 heavy (non-hydrogen) atoms. The summed E-state index contributed by atoms with van der Waals surface area (Å²) in [6.07, 6.45) is 4.59. The fourth-order valence-electron chi connectivity index (χ4n) is 4.86. The molecule has 12 heteroatoms. The highest BCUT2D eigenvalue weighted by Gasteiger charge is 2.43. The van der Waals surface area contributed by atoms with Gasteiger partial charge in [0.1, 0.15) is 20.8 Å². The smallest absolute Gasteiger partial charge is 0.274 e. The summed E-state index contributed by atoms with van der Waals surface area (Å²) in [6.45, 7) is 3.22. The standard InChI is InChI=1S/C26H22Cl2F2N4O3S/c1-12-10-31-23(14-6-5-7-19(21(14)29)38(4,36)37)22(30)24(12)34-13(2)8-17(20(27)26(34)35)15-9-16(15)18-11-32-33(3)25(18)28/h5-8,10-11,15-16H,9H2,1-4H3/t15-,16-/m0/s1. The molecule has 1 saturated carbocycles. The molecule has 5 rings (SSSR count). The van der Waals surface area contributed by atoms with E-state index in [0.717, 1.165) is 28.9 Å². The van der Waals surface area contributed by atoms with E-state index >= 15 is 8.78 Å². The topological polar surface area (TPSA) is 86.8 Å². The maximum Gasteiger partial charge on any atom is 0.274 e. The first-order valence-electron chi connectivity index (χ1n) is 11.6. The number of aromatic nitrogens is 4. The van der Waals surface area contributed by atoms with E-state index in [1.807, 2.05) is 0 Å². The minimum Gasteiger partial charge on any atom is -0.277 e. The van der Waals surface area contributed by atoms with Gasteiger partial charge in [-0.2, -0.15) is 5.10 Å². The molecule has 1 aliphatic carbocycles. The summed E-state index contributed by atoms with van der Waals surface area (Å²) in [7, 11) is -2.17. The van der Waals surface area contributed by atoms with Crippen molar-refractivity contribution >= 4 is 33.0 Å². The summed E-state index contributed by atoms with van der Waals surface area (Å²) in [6, 6.07) is 5.37. The van der Waals surface area contributed by atoms with Gasteiger partial charge in [0.15, 0.2) is 21.5 Å². The van der Waals surface area contributed by atoms with E-state index in [0.29, 0.717) is 22.0 Å². The van der Waals surface area contributed by atoms with Crippen molar-refractivity contribution in [3.8, 4) is 16.9 Å². The van der Waals surface area contributed by atoms with Crippen LogP contribution in [0.1, 0.15) is 40.6 Å². The lowest BCUT2D eigenvalue weighted by Gasteiger charge is -2.18. The fourth-order valence-corrected chi connectivity index (χ4v) is 6.13. The molecule has 3 heterocycles. The second-order valence-electron chi connectivity index (χ2n) is 9.50. The van der Waals surface area contributed by atoms with E-state index in [9.17, 15) is 13.2 Å². The van der Waals surface area contributed by atoms with Crippen LogP contribution in [0.3, 0.4) is 0 Å². The molecule has 7 nitrogen and oxygen atoms in total. The average molecular weight is 579 g/mol. The van der Waals surface area contributed by atoms with Crippen molar-refractivity contribution in [3.63, 3.8) is 0 Å². The summed E-state index contributed by atoms with van der Waals surface area (Å²) in [5.74, 6) is -2.09. The van der Waals surface area contributed by atoms with Gasteiger partial charge in [0.2, 0.25) is 0 Å². The molecule has 1 fully saturated rings. The second-order valence-corrected chi connectivity index (χ2v) is 12.2. The van der Waals surface area contributed by atoms with E-state index < -0.39 is 37.6 Å². The zero-order valence-electron chi connectivity index (χ0n) is 20.8. The first-order valence-corrected chi connectivity index (χ1v) is 14.2. The van der Waals surface area contributed by atoms with Gasteiger partial charge in [0.05, 0.1) is 11.9 Å². The predicted molar refractivity (Wildman–Crippen MR) is 141 cm³/mol. The normalized spacial score (nSPS) is 17.2.